The molecular weight excluding hydrogens is 314 g/mol. The molecule has 2 rings (SSSR count). The van der Waals surface area contributed by atoms with Crippen molar-refractivity contribution in [3.05, 3.63) is 12.2 Å². The van der Waals surface area contributed by atoms with Crippen molar-refractivity contribution in [2.24, 2.45) is 10.8 Å². The molecule has 3 unspecified atom stereocenters. The predicted molar refractivity (Wildman–Crippen MR) is 65.0 cm³/mol. The lowest BCUT2D eigenvalue weighted by Crippen LogP contribution is -2.67. The lowest BCUT2D eigenvalue weighted by Gasteiger charge is -2.44. The van der Waals surface area contributed by atoms with Crippen LogP contribution in [0.4, 0.5) is 26.3 Å². The van der Waals surface area contributed by atoms with E-state index < -0.39 is 52.2 Å². The summed E-state index contributed by atoms with van der Waals surface area (Å²) in [6.45, 7) is 6.51. The summed E-state index contributed by atoms with van der Waals surface area (Å²) < 4.78 is 90.7. The highest BCUT2D eigenvalue weighted by Gasteiger charge is 3.01. The molecule has 3 atom stereocenters. The highest BCUT2D eigenvalue weighted by molar-refractivity contribution is 5.87. The molecule has 2 aliphatic rings. The number of halogens is 6. The molecule has 0 aromatic rings. The minimum absolute atomic E-state index is 0.406. The van der Waals surface area contributed by atoms with E-state index in [4.69, 9.17) is 0 Å². The first-order valence-electron chi connectivity index (χ1n) is 6.56. The summed E-state index contributed by atoms with van der Waals surface area (Å²) in [6, 6.07) is 0. The largest absolute Gasteiger partial charge is 0.418 e. The molecule has 0 N–H and O–H groups in total. The van der Waals surface area contributed by atoms with Gasteiger partial charge in [0.25, 0.3) is 5.92 Å². The van der Waals surface area contributed by atoms with Crippen molar-refractivity contribution in [2.75, 3.05) is 0 Å². The van der Waals surface area contributed by atoms with Gasteiger partial charge in [0.05, 0.1) is 5.41 Å². The molecule has 0 aromatic carbocycles. The molecule has 2 aliphatic carbocycles. The fourth-order valence-corrected chi connectivity index (χ4v) is 3.72. The van der Waals surface area contributed by atoms with E-state index in [1.807, 2.05) is 0 Å². The second kappa shape index (κ2) is 3.82. The summed E-state index contributed by atoms with van der Waals surface area (Å²) in [5, 5.41) is 0. The van der Waals surface area contributed by atoms with Crippen LogP contribution >= 0.6 is 0 Å². The standard InChI is InChI=1S/C14H16F6O2/c1-7(2)8(21)22-14(20)10(5)6-11(15,16)12(17,9(10,3)4)13(14,18)19/h1,6H2,2-5H3. The van der Waals surface area contributed by atoms with Crippen LogP contribution < -0.4 is 0 Å². The Bertz CT molecular complexity index is 572. The molecule has 0 amide bonds. The molecule has 0 aliphatic heterocycles. The van der Waals surface area contributed by atoms with E-state index in [1.54, 1.807) is 0 Å². The van der Waals surface area contributed by atoms with Crippen LogP contribution in [0.15, 0.2) is 12.2 Å². The molecule has 0 radical (unpaired) electrons. The van der Waals surface area contributed by atoms with Crippen LogP contribution in [0.25, 0.3) is 0 Å². The Morgan fingerprint density at radius 3 is 1.82 bits per heavy atom. The molecule has 0 heterocycles. The number of alkyl halides is 6. The average molecular weight is 330 g/mol. The van der Waals surface area contributed by atoms with Crippen molar-refractivity contribution in [3.8, 4) is 0 Å². The summed E-state index contributed by atoms with van der Waals surface area (Å²) in [7, 11) is 0. The maximum atomic E-state index is 15.1. The summed E-state index contributed by atoms with van der Waals surface area (Å²) in [5.41, 5.74) is -9.98. The predicted octanol–water partition coefficient (Wildman–Crippen LogP) is 4.20. The van der Waals surface area contributed by atoms with E-state index in [-0.39, 0.29) is 0 Å². The van der Waals surface area contributed by atoms with E-state index in [0.717, 1.165) is 27.7 Å². The zero-order chi connectivity index (χ0) is 17.6. The van der Waals surface area contributed by atoms with Gasteiger partial charge in [-0.25, -0.2) is 18.0 Å². The summed E-state index contributed by atoms with van der Waals surface area (Å²) in [5.74, 6) is -15.4. The van der Waals surface area contributed by atoms with Gasteiger partial charge in [-0.05, 0) is 6.92 Å². The number of hydrogen-bond donors (Lipinski definition) is 0. The topological polar surface area (TPSA) is 26.3 Å². The smallest absolute Gasteiger partial charge is 0.356 e. The van der Waals surface area contributed by atoms with Gasteiger partial charge < -0.3 is 4.74 Å². The fourth-order valence-electron chi connectivity index (χ4n) is 3.72. The molecular formula is C14H16F6O2. The number of carbonyl (C=O) groups excluding carboxylic acids is 1. The van der Waals surface area contributed by atoms with Gasteiger partial charge in [-0.3, -0.25) is 0 Å². The maximum Gasteiger partial charge on any atom is 0.356 e. The second-order valence-electron chi connectivity index (χ2n) is 6.84. The SMILES string of the molecule is C=C(C)C(=O)OC1(F)C(F)(F)C2(F)C(F)(F)CC1(C)C2(C)C. The van der Waals surface area contributed by atoms with Crippen molar-refractivity contribution in [2.45, 2.75) is 57.5 Å². The Hall–Kier alpha value is -1.21. The molecule has 22 heavy (non-hydrogen) atoms. The zero-order valence-electron chi connectivity index (χ0n) is 12.5. The highest BCUT2D eigenvalue weighted by Crippen LogP contribution is 2.82. The van der Waals surface area contributed by atoms with Gasteiger partial charge in [-0.1, -0.05) is 27.4 Å². The molecule has 2 bridgehead atoms. The number of hydrogen-bond acceptors (Lipinski definition) is 2. The van der Waals surface area contributed by atoms with Crippen molar-refractivity contribution < 1.29 is 35.9 Å². The van der Waals surface area contributed by atoms with Crippen molar-refractivity contribution >= 4 is 5.97 Å². The van der Waals surface area contributed by atoms with Crippen LogP contribution in [0, 0.1) is 10.8 Å². The molecule has 2 fully saturated rings. The summed E-state index contributed by atoms with van der Waals surface area (Å²) >= 11 is 0. The normalized spacial score (nSPS) is 43.9. The van der Waals surface area contributed by atoms with Crippen molar-refractivity contribution in [1.29, 1.82) is 0 Å². The monoisotopic (exact) mass is 330 g/mol. The number of rotatable bonds is 2. The first-order chi connectivity index (χ1) is 9.53. The second-order valence-corrected chi connectivity index (χ2v) is 6.84. The molecule has 2 saturated carbocycles. The van der Waals surface area contributed by atoms with Gasteiger partial charge in [-0.15, -0.1) is 0 Å². The van der Waals surface area contributed by atoms with Gasteiger partial charge in [0.15, 0.2) is 0 Å². The fraction of sp³-hybridized carbons (Fsp3) is 0.786. The Balaban J connectivity index is 2.71. The summed E-state index contributed by atoms with van der Waals surface area (Å²) in [6.07, 6.45) is -1.50. The average Bonchev–Trinajstić information content (AvgIpc) is 2.48. The van der Waals surface area contributed by atoms with E-state index in [9.17, 15) is 26.7 Å². The van der Waals surface area contributed by atoms with Gasteiger partial charge >= 0.3 is 17.7 Å². The molecule has 0 aromatic heterocycles. The number of carbonyl (C=O) groups is 1. The zero-order valence-corrected chi connectivity index (χ0v) is 12.5. The Morgan fingerprint density at radius 1 is 1.05 bits per heavy atom. The van der Waals surface area contributed by atoms with Crippen LogP contribution in [0.3, 0.4) is 0 Å². The Kier molecular flexibility index (Phi) is 2.97. The van der Waals surface area contributed by atoms with Crippen LogP contribution in [0.1, 0.15) is 34.1 Å². The molecule has 0 saturated heterocycles. The molecule has 126 valence electrons. The van der Waals surface area contributed by atoms with Crippen molar-refractivity contribution in [1.82, 2.24) is 0 Å². The van der Waals surface area contributed by atoms with Gasteiger partial charge in [0.2, 0.25) is 5.67 Å². The lowest BCUT2D eigenvalue weighted by molar-refractivity contribution is -0.357. The van der Waals surface area contributed by atoms with Crippen LogP contribution in [0.2, 0.25) is 0 Å². The third kappa shape index (κ3) is 1.29. The van der Waals surface area contributed by atoms with Crippen LogP contribution in [0.5, 0.6) is 0 Å². The highest BCUT2D eigenvalue weighted by atomic mass is 19.3. The molecule has 2 nitrogen and oxygen atoms in total. The Morgan fingerprint density at radius 2 is 1.50 bits per heavy atom. The lowest BCUT2D eigenvalue weighted by atomic mass is 9.68. The number of esters is 1. The minimum Gasteiger partial charge on any atom is -0.418 e. The first kappa shape index (κ1) is 17.1. The first-order valence-corrected chi connectivity index (χ1v) is 6.56. The summed E-state index contributed by atoms with van der Waals surface area (Å²) in [4.78, 5) is 11.5. The quantitative estimate of drug-likeness (QED) is 0.431. The van der Waals surface area contributed by atoms with E-state index in [1.165, 1.54) is 0 Å². The number of ether oxygens (including phenoxy) is 1. The van der Waals surface area contributed by atoms with Gasteiger partial charge in [0, 0.05) is 17.4 Å². The van der Waals surface area contributed by atoms with E-state index in [2.05, 4.69) is 11.3 Å². The van der Waals surface area contributed by atoms with E-state index in [0.29, 0.717) is 0 Å². The number of fused-ring (bicyclic) bond motifs is 2. The van der Waals surface area contributed by atoms with Crippen LogP contribution in [-0.2, 0) is 9.53 Å². The van der Waals surface area contributed by atoms with E-state index >= 15 is 4.39 Å². The van der Waals surface area contributed by atoms with Crippen molar-refractivity contribution in [3.63, 3.8) is 0 Å². The maximum absolute atomic E-state index is 15.1. The van der Waals surface area contributed by atoms with Gasteiger partial charge in [0.1, 0.15) is 0 Å². The minimum atomic E-state index is -5.22. The molecule has 8 heteroatoms. The third-order valence-corrected chi connectivity index (χ3v) is 5.45. The van der Waals surface area contributed by atoms with Crippen LogP contribution in [-0.4, -0.2) is 29.3 Å². The van der Waals surface area contributed by atoms with Gasteiger partial charge in [-0.2, -0.15) is 13.2 Å². The molecule has 0 spiro atoms. The Labute approximate surface area is 123 Å². The third-order valence-electron chi connectivity index (χ3n) is 5.45.